The third kappa shape index (κ3) is 18.3. The second kappa shape index (κ2) is 41.4. The molecule has 15 rings (SSSR count). The minimum absolute atomic E-state index is 0.00623. The highest BCUT2D eigenvalue weighted by molar-refractivity contribution is 6.51. The molecule has 3 aromatic carbocycles. The second-order valence-corrected chi connectivity index (χ2v) is 38.4. The van der Waals surface area contributed by atoms with Crippen LogP contribution in [-0.4, -0.2) is 153 Å². The number of carbonyl (C=O) groups is 3. The maximum absolute atomic E-state index is 15.7. The molecular weight excluding hydrogens is 2030 g/mol. The van der Waals surface area contributed by atoms with Crippen LogP contribution in [0.2, 0.25) is 60.3 Å². The van der Waals surface area contributed by atoms with Crippen LogP contribution in [0.1, 0.15) is 131 Å². The standard InChI is InChI=1S/3C32H28Cl4FN7O2/c1-6-20(45)43-10-9-42(13-16(43)5)30-17-11-19(33)28(21-22(34)23(35)24(36)26(39)25(21)37)41-31(17)44(32(46)18(30)12-38)29-15(4)7-8-40-27(29)14(2)3;2*1-6-20(45)43-10-9-42(13-16(43)5)30-17-11-19(33)28(21-22(34)25(37)24(36)26(39)23(21)35)41-31(17)44(32(46)18(30)12-38)29-15(4)7-8-40-27(29)14(2)3/h3*6-8,11,14,16H,1,9-10,13,39H2,2-5H3/t3*16-/m111/s1. The van der Waals surface area contributed by atoms with Gasteiger partial charge in [0.05, 0.1) is 141 Å². The first-order valence-corrected chi connectivity index (χ1v) is 47.1. The number of benzene rings is 3. The topological polar surface area (TPSA) is 363 Å². The lowest BCUT2D eigenvalue weighted by Gasteiger charge is -2.41. The molecule has 714 valence electrons. The summed E-state index contributed by atoms with van der Waals surface area (Å²) in [7, 11) is 0. The lowest BCUT2D eigenvalue weighted by molar-refractivity contribution is -0.129. The summed E-state index contributed by atoms with van der Waals surface area (Å²) < 4.78 is 49.9. The Morgan fingerprint density at radius 3 is 0.928 bits per heavy atom. The largest absolute Gasteiger partial charge is 0.396 e. The van der Waals surface area contributed by atoms with Gasteiger partial charge in [0.1, 0.15) is 61.9 Å². The first-order valence-electron chi connectivity index (χ1n) is 42.6. The average molecular weight is 2110 g/mol. The van der Waals surface area contributed by atoms with Crippen LogP contribution in [0.4, 0.5) is 47.3 Å². The van der Waals surface area contributed by atoms with Gasteiger partial charge in [-0.25, -0.2) is 28.1 Å². The highest BCUT2D eigenvalue weighted by atomic mass is 35.5. The molecule has 27 nitrogen and oxygen atoms in total. The number of rotatable bonds is 15. The number of aryl methyl sites for hydroxylation is 3. The van der Waals surface area contributed by atoms with Crippen molar-refractivity contribution in [1.29, 1.82) is 15.8 Å². The molecule has 3 fully saturated rings. The van der Waals surface area contributed by atoms with Crippen molar-refractivity contribution in [3.05, 3.63) is 252 Å². The van der Waals surface area contributed by atoms with E-state index in [1.165, 1.54) is 50.1 Å². The molecule has 9 aromatic heterocycles. The number of hydrogen-bond acceptors (Lipinski definition) is 21. The predicted molar refractivity (Wildman–Crippen MR) is 546 cm³/mol. The van der Waals surface area contributed by atoms with Crippen molar-refractivity contribution in [3.63, 3.8) is 0 Å². The number of nitrogens with two attached hydrogens (primary N) is 3. The number of nitrogen functional groups attached to an aromatic ring is 3. The Balaban J connectivity index is 0.000000175. The van der Waals surface area contributed by atoms with Gasteiger partial charge in [-0.05, 0) is 131 Å². The predicted octanol–water partition coefficient (Wildman–Crippen LogP) is 21.9. The fourth-order valence-corrected chi connectivity index (χ4v) is 20.7. The Hall–Kier alpha value is -11.6. The fourth-order valence-electron chi connectivity index (χ4n) is 17.5. The molecule has 0 bridgehead atoms. The van der Waals surface area contributed by atoms with E-state index < -0.39 is 59.9 Å². The number of anilines is 6. The van der Waals surface area contributed by atoms with Gasteiger partial charge < -0.3 is 46.6 Å². The zero-order valence-corrected chi connectivity index (χ0v) is 84.8. The summed E-state index contributed by atoms with van der Waals surface area (Å²) in [6, 6.07) is 15.3. The number of halogens is 15. The fraction of sp³-hybridized carbons (Fsp3) is 0.281. The summed E-state index contributed by atoms with van der Waals surface area (Å²) in [4.78, 5) is 120. The van der Waals surface area contributed by atoms with Gasteiger partial charge in [0.25, 0.3) is 16.7 Å². The van der Waals surface area contributed by atoms with Gasteiger partial charge in [0.15, 0.2) is 17.5 Å². The van der Waals surface area contributed by atoms with E-state index >= 15 is 13.2 Å². The van der Waals surface area contributed by atoms with Crippen LogP contribution in [-0.2, 0) is 14.4 Å². The van der Waals surface area contributed by atoms with Crippen LogP contribution < -0.4 is 48.6 Å². The van der Waals surface area contributed by atoms with Crippen molar-refractivity contribution in [2.24, 2.45) is 0 Å². The Kier molecular flexibility index (Phi) is 31.1. The second-order valence-electron chi connectivity index (χ2n) is 33.8. The highest BCUT2D eigenvalue weighted by Crippen LogP contribution is 2.52. The van der Waals surface area contributed by atoms with Crippen LogP contribution >= 0.6 is 139 Å². The van der Waals surface area contributed by atoms with E-state index in [9.17, 15) is 44.6 Å². The number of fused-ring (bicyclic) bond motifs is 3. The number of nitriles is 3. The van der Waals surface area contributed by atoms with E-state index in [0.717, 1.165) is 0 Å². The zero-order chi connectivity index (χ0) is 101. The summed E-state index contributed by atoms with van der Waals surface area (Å²) in [6.45, 7) is 36.1. The van der Waals surface area contributed by atoms with Gasteiger partial charge in [-0.1, -0.05) is 200 Å². The minimum atomic E-state index is -1.01. The van der Waals surface area contributed by atoms with E-state index in [2.05, 4.69) is 52.9 Å². The molecule has 3 aliphatic heterocycles. The summed E-state index contributed by atoms with van der Waals surface area (Å²) in [5.74, 6) is -4.07. The molecular formula is C96H84Cl12F3N21O6. The minimum Gasteiger partial charge on any atom is -0.396 e. The number of aromatic nitrogens is 9. The van der Waals surface area contributed by atoms with Gasteiger partial charge in [0.2, 0.25) is 17.7 Å². The number of carbonyl (C=O) groups excluding carboxylic acids is 3. The first kappa shape index (κ1) is 104. The Morgan fingerprint density at radius 2 is 0.674 bits per heavy atom. The third-order valence-corrected chi connectivity index (χ3v) is 28.6. The number of pyridine rings is 9. The maximum atomic E-state index is 15.7. The molecule has 3 aliphatic rings. The van der Waals surface area contributed by atoms with Gasteiger partial charge in [0, 0.05) is 123 Å². The molecule has 3 saturated heterocycles. The van der Waals surface area contributed by atoms with Crippen molar-refractivity contribution >= 4 is 224 Å². The molecule has 0 radical (unpaired) electrons. The zero-order valence-electron chi connectivity index (χ0n) is 75.8. The summed E-state index contributed by atoms with van der Waals surface area (Å²) in [6.07, 6.45) is 8.66. The van der Waals surface area contributed by atoms with Gasteiger partial charge in [-0.15, -0.1) is 0 Å². The summed E-state index contributed by atoms with van der Waals surface area (Å²) in [5, 5.41) is 29.5. The Bertz CT molecular complexity index is 6780. The number of hydrogen-bond donors (Lipinski definition) is 3. The van der Waals surface area contributed by atoms with Gasteiger partial charge in [-0.2, -0.15) is 15.8 Å². The average Bonchev–Trinajstić information content (AvgIpc) is 0.726. The van der Waals surface area contributed by atoms with E-state index in [1.54, 1.807) is 51.5 Å². The molecule has 12 aromatic rings. The molecule has 138 heavy (non-hydrogen) atoms. The van der Waals surface area contributed by atoms with Crippen molar-refractivity contribution in [2.45, 2.75) is 119 Å². The van der Waals surface area contributed by atoms with Crippen molar-refractivity contribution < 1.29 is 27.6 Å². The number of nitrogens with zero attached hydrogens (tertiary/aromatic N) is 18. The Morgan fingerprint density at radius 1 is 0.399 bits per heavy atom. The van der Waals surface area contributed by atoms with Crippen molar-refractivity contribution in [2.75, 3.05) is 90.8 Å². The molecule has 3 amide bonds. The smallest absolute Gasteiger partial charge is 0.276 e. The van der Waals surface area contributed by atoms with Crippen LogP contribution in [0.3, 0.4) is 0 Å². The van der Waals surface area contributed by atoms with Crippen LogP contribution in [0.25, 0.3) is 83.9 Å². The lowest BCUT2D eigenvalue weighted by atomic mass is 10.0. The van der Waals surface area contributed by atoms with Crippen LogP contribution in [0.15, 0.2) is 107 Å². The van der Waals surface area contributed by atoms with E-state index in [4.69, 9.17) is 171 Å². The third-order valence-electron chi connectivity index (χ3n) is 24.1. The molecule has 12 heterocycles. The van der Waals surface area contributed by atoms with E-state index in [-0.39, 0.29) is 178 Å². The molecule has 0 spiro atoms. The van der Waals surface area contributed by atoms with Crippen molar-refractivity contribution in [3.8, 4) is 69.0 Å². The molecule has 42 heteroatoms. The van der Waals surface area contributed by atoms with Gasteiger partial charge in [-0.3, -0.25) is 57.4 Å². The first-order chi connectivity index (χ1) is 65.2. The normalized spacial score (nSPS) is 15.0. The van der Waals surface area contributed by atoms with Crippen molar-refractivity contribution in [1.82, 2.24) is 58.3 Å². The monoisotopic (exact) mass is 2100 g/mol. The summed E-state index contributed by atoms with van der Waals surface area (Å²) >= 11 is 77.4. The van der Waals surface area contributed by atoms with Crippen LogP contribution in [0, 0.1) is 72.2 Å². The van der Waals surface area contributed by atoms with Gasteiger partial charge >= 0.3 is 0 Å². The molecule has 3 atom stereocenters. The van der Waals surface area contributed by atoms with E-state index in [1.807, 2.05) is 97.8 Å². The number of amides is 3. The molecule has 0 unspecified atom stereocenters. The maximum Gasteiger partial charge on any atom is 0.276 e. The van der Waals surface area contributed by atoms with E-state index in [0.29, 0.717) is 137 Å². The quantitative estimate of drug-likeness (QED) is 0.0371. The SMILES string of the molecule is C=CC(=O)N1CCN(c2c(C#N)c(=O)n(-c3c(C)ccnc3C(C)C)c3nc(-c4c(Cl)c(N)c(Cl)c(F)c4Cl)c(Cl)cc23)C[C@H]1C.C=CC(=O)N1CCN(c2c(C#N)c(=O)n(-c3c(C)ccnc3C(C)C)c3nc(-c4c(Cl)c(N)c(Cl)c(F)c4Cl)c(Cl)cc23)C[C@H]1C.C=CC(=O)N1CCN(c2c(C#N)c(=O)n(-c3c(C)ccnc3C(C)C)c3nc(-c4c(F)c(N)c(Cl)c(Cl)c4Cl)c(Cl)cc23)C[C@H]1C. The Labute approximate surface area is 850 Å². The lowest BCUT2D eigenvalue weighted by Crippen LogP contribution is -2.54. The summed E-state index contributed by atoms with van der Waals surface area (Å²) in [5.41, 5.74) is 20.0. The van der Waals surface area contributed by atoms with Crippen LogP contribution in [0.5, 0.6) is 0 Å². The highest BCUT2D eigenvalue weighted by Gasteiger charge is 2.40. The number of piperazine rings is 3. The molecule has 0 saturated carbocycles. The molecule has 0 aliphatic carbocycles. The molecule has 6 N–H and O–H groups in total.